The summed E-state index contributed by atoms with van der Waals surface area (Å²) in [6.07, 6.45) is 13.0. The number of carboxylic acid groups (broad SMARTS) is 1. The lowest BCUT2D eigenvalue weighted by Crippen LogP contribution is -2.52. The fraction of sp³-hybridized carbons (Fsp3) is 0.464. The Morgan fingerprint density at radius 2 is 1.87 bits per heavy atom. The van der Waals surface area contributed by atoms with E-state index in [-0.39, 0.29) is 6.04 Å². The van der Waals surface area contributed by atoms with Gasteiger partial charge in [0.1, 0.15) is 17.5 Å². The zero-order valence-corrected chi connectivity index (χ0v) is 21.8. The molecule has 2 aliphatic rings. The van der Waals surface area contributed by atoms with Crippen LogP contribution in [0.2, 0.25) is 0 Å². The van der Waals surface area contributed by atoms with Gasteiger partial charge in [-0.3, -0.25) is 19.6 Å². The standard InChI is InChI=1S/C28H34N8O2/c1-2-23(27(37)38)35-13-11-34(12-14-35)18-19-7-8-25(30-15-19)32-28-31-16-22-21-9-10-29-17-24(21)36(26(22)33-28)20-5-3-4-6-20/h7-10,15-17,20,23H,2-6,11-14,18H2,1H3,(H,37,38)(H,30,31,32,33). The van der Waals surface area contributed by atoms with Crippen molar-refractivity contribution in [2.75, 3.05) is 31.5 Å². The van der Waals surface area contributed by atoms with Crippen molar-refractivity contribution in [2.24, 2.45) is 0 Å². The quantitative estimate of drug-likeness (QED) is 0.357. The minimum absolute atomic E-state index is 0.387. The summed E-state index contributed by atoms with van der Waals surface area (Å²) >= 11 is 0. The van der Waals surface area contributed by atoms with Gasteiger partial charge in [0.15, 0.2) is 0 Å². The van der Waals surface area contributed by atoms with Gasteiger partial charge in [0.05, 0.1) is 11.7 Å². The number of hydrogen-bond donors (Lipinski definition) is 2. The predicted octanol–water partition coefficient (Wildman–Crippen LogP) is 4.21. The van der Waals surface area contributed by atoms with Crippen molar-refractivity contribution < 1.29 is 9.90 Å². The SMILES string of the molecule is CCC(C(=O)O)N1CCN(Cc2ccc(Nc3ncc4c5ccncc5n(C5CCCC5)c4n3)nc2)CC1. The predicted molar refractivity (Wildman–Crippen MR) is 146 cm³/mol. The number of nitrogens with one attached hydrogen (secondary N) is 1. The first-order chi connectivity index (χ1) is 18.6. The summed E-state index contributed by atoms with van der Waals surface area (Å²) in [7, 11) is 0. The van der Waals surface area contributed by atoms with Gasteiger partial charge in [-0.1, -0.05) is 25.8 Å². The summed E-state index contributed by atoms with van der Waals surface area (Å²) in [4.78, 5) is 34.4. The van der Waals surface area contributed by atoms with E-state index in [2.05, 4.69) is 40.7 Å². The lowest BCUT2D eigenvalue weighted by Gasteiger charge is -2.37. The van der Waals surface area contributed by atoms with E-state index < -0.39 is 5.97 Å². The average Bonchev–Trinajstić information content (AvgIpc) is 3.57. The van der Waals surface area contributed by atoms with Gasteiger partial charge in [0, 0.05) is 68.1 Å². The van der Waals surface area contributed by atoms with E-state index in [1.54, 1.807) is 0 Å². The van der Waals surface area contributed by atoms with Crippen LogP contribution in [-0.4, -0.2) is 77.6 Å². The lowest BCUT2D eigenvalue weighted by molar-refractivity contribution is -0.144. The van der Waals surface area contributed by atoms with E-state index in [0.29, 0.717) is 24.2 Å². The third kappa shape index (κ3) is 4.81. The van der Waals surface area contributed by atoms with E-state index >= 15 is 0 Å². The molecule has 1 saturated heterocycles. The number of hydrogen-bond acceptors (Lipinski definition) is 8. The molecule has 0 aromatic carbocycles. The van der Waals surface area contributed by atoms with Gasteiger partial charge in [-0.05, 0) is 37.0 Å². The zero-order valence-electron chi connectivity index (χ0n) is 21.8. The molecule has 2 fully saturated rings. The van der Waals surface area contributed by atoms with E-state index in [1.165, 1.54) is 12.8 Å². The molecule has 1 aliphatic heterocycles. The fourth-order valence-corrected chi connectivity index (χ4v) is 6.05. The smallest absolute Gasteiger partial charge is 0.320 e. The average molecular weight is 515 g/mol. The van der Waals surface area contributed by atoms with Crippen LogP contribution in [0.3, 0.4) is 0 Å². The summed E-state index contributed by atoms with van der Waals surface area (Å²) in [6.45, 7) is 5.96. The molecule has 4 aromatic heterocycles. The monoisotopic (exact) mass is 514 g/mol. The van der Waals surface area contributed by atoms with Crippen LogP contribution in [0.4, 0.5) is 11.8 Å². The molecular formula is C28H34N8O2. The van der Waals surface area contributed by atoms with Crippen molar-refractivity contribution in [1.82, 2.24) is 34.3 Å². The maximum absolute atomic E-state index is 11.5. The van der Waals surface area contributed by atoms with Crippen molar-refractivity contribution in [1.29, 1.82) is 0 Å². The number of aromatic nitrogens is 5. The Morgan fingerprint density at radius 3 is 2.58 bits per heavy atom. The third-order valence-electron chi connectivity index (χ3n) is 8.03. The first-order valence-electron chi connectivity index (χ1n) is 13.6. The number of fused-ring (bicyclic) bond motifs is 3. The minimum atomic E-state index is -0.728. The van der Waals surface area contributed by atoms with E-state index in [4.69, 9.17) is 4.98 Å². The number of aliphatic carboxylic acids is 1. The molecule has 5 heterocycles. The van der Waals surface area contributed by atoms with Crippen molar-refractivity contribution >= 4 is 39.7 Å². The molecule has 10 nitrogen and oxygen atoms in total. The highest BCUT2D eigenvalue weighted by Gasteiger charge is 2.27. The molecule has 1 saturated carbocycles. The number of anilines is 2. The molecule has 0 bridgehead atoms. The molecule has 2 N–H and O–H groups in total. The molecular weight excluding hydrogens is 480 g/mol. The maximum atomic E-state index is 11.5. The lowest BCUT2D eigenvalue weighted by atomic mass is 10.1. The first-order valence-corrected chi connectivity index (χ1v) is 13.6. The van der Waals surface area contributed by atoms with E-state index in [0.717, 1.165) is 73.1 Å². The molecule has 1 atom stereocenters. The van der Waals surface area contributed by atoms with E-state index in [9.17, 15) is 9.90 Å². The van der Waals surface area contributed by atoms with Crippen molar-refractivity contribution in [2.45, 2.75) is 57.7 Å². The van der Waals surface area contributed by atoms with Gasteiger partial charge in [-0.15, -0.1) is 0 Å². The van der Waals surface area contributed by atoms with Gasteiger partial charge >= 0.3 is 5.97 Å². The number of pyridine rings is 2. The summed E-state index contributed by atoms with van der Waals surface area (Å²) in [6, 6.07) is 6.15. The summed E-state index contributed by atoms with van der Waals surface area (Å²) in [5.41, 5.74) is 3.19. The van der Waals surface area contributed by atoms with Gasteiger partial charge in [0.25, 0.3) is 0 Å². The highest BCUT2D eigenvalue weighted by molar-refractivity contribution is 6.06. The molecule has 0 radical (unpaired) electrons. The largest absolute Gasteiger partial charge is 0.480 e. The number of carbonyl (C=O) groups is 1. The van der Waals surface area contributed by atoms with Crippen LogP contribution in [0.5, 0.6) is 0 Å². The Balaban J connectivity index is 1.14. The van der Waals surface area contributed by atoms with Crippen LogP contribution in [0, 0.1) is 0 Å². The summed E-state index contributed by atoms with van der Waals surface area (Å²) in [5, 5.41) is 14.9. The Hall–Kier alpha value is -3.63. The summed E-state index contributed by atoms with van der Waals surface area (Å²) < 4.78 is 2.35. The van der Waals surface area contributed by atoms with Crippen LogP contribution in [0.15, 0.2) is 43.0 Å². The van der Waals surface area contributed by atoms with Crippen LogP contribution in [0.1, 0.15) is 50.6 Å². The Kier molecular flexibility index (Phi) is 6.90. The second-order valence-electron chi connectivity index (χ2n) is 10.4. The molecule has 1 unspecified atom stereocenters. The molecule has 0 spiro atoms. The molecule has 10 heteroatoms. The Labute approximate surface area is 221 Å². The van der Waals surface area contributed by atoms with Crippen molar-refractivity contribution in [3.63, 3.8) is 0 Å². The molecule has 4 aromatic rings. The normalized spacial score (nSPS) is 18.3. The van der Waals surface area contributed by atoms with E-state index in [1.807, 2.05) is 43.8 Å². The zero-order chi connectivity index (χ0) is 26.1. The molecule has 0 amide bonds. The number of carboxylic acids is 1. The Bertz CT molecular complexity index is 1420. The highest BCUT2D eigenvalue weighted by atomic mass is 16.4. The van der Waals surface area contributed by atoms with Crippen LogP contribution < -0.4 is 5.32 Å². The van der Waals surface area contributed by atoms with Crippen molar-refractivity contribution in [3.05, 3.63) is 48.5 Å². The number of nitrogens with zero attached hydrogens (tertiary/aromatic N) is 7. The molecule has 198 valence electrons. The second-order valence-corrected chi connectivity index (χ2v) is 10.4. The highest BCUT2D eigenvalue weighted by Crippen LogP contribution is 2.37. The van der Waals surface area contributed by atoms with Crippen LogP contribution in [-0.2, 0) is 11.3 Å². The van der Waals surface area contributed by atoms with Gasteiger partial charge < -0.3 is 15.0 Å². The van der Waals surface area contributed by atoms with Gasteiger partial charge in [-0.2, -0.15) is 4.98 Å². The second kappa shape index (κ2) is 10.6. The van der Waals surface area contributed by atoms with Gasteiger partial charge in [-0.25, -0.2) is 9.97 Å². The number of rotatable bonds is 8. The third-order valence-corrected chi connectivity index (χ3v) is 8.03. The number of piperazine rings is 1. The molecule has 6 rings (SSSR count). The first kappa shape index (κ1) is 24.7. The maximum Gasteiger partial charge on any atom is 0.320 e. The fourth-order valence-electron chi connectivity index (χ4n) is 6.05. The topological polar surface area (TPSA) is 112 Å². The Morgan fingerprint density at radius 1 is 1.05 bits per heavy atom. The molecule has 38 heavy (non-hydrogen) atoms. The van der Waals surface area contributed by atoms with Crippen LogP contribution >= 0.6 is 0 Å². The van der Waals surface area contributed by atoms with Gasteiger partial charge in [0.2, 0.25) is 5.95 Å². The molecule has 1 aliphatic carbocycles. The summed E-state index contributed by atoms with van der Waals surface area (Å²) in [5.74, 6) is 0.511. The minimum Gasteiger partial charge on any atom is -0.480 e. The van der Waals surface area contributed by atoms with Crippen LogP contribution in [0.25, 0.3) is 21.9 Å². The van der Waals surface area contributed by atoms with Crippen molar-refractivity contribution in [3.8, 4) is 0 Å².